The Morgan fingerprint density at radius 3 is 2.69 bits per heavy atom. The predicted octanol–water partition coefficient (Wildman–Crippen LogP) is 2.04. The third-order valence-corrected chi connectivity index (χ3v) is 2.07. The molecule has 0 aliphatic rings. The van der Waals surface area contributed by atoms with Gasteiger partial charge in [0.25, 0.3) is 11.6 Å². The lowest BCUT2D eigenvalue weighted by Gasteiger charge is -2.04. The zero-order valence-corrected chi connectivity index (χ0v) is 9.32. The van der Waals surface area contributed by atoms with Crippen molar-refractivity contribution in [1.29, 1.82) is 0 Å². The van der Waals surface area contributed by atoms with Gasteiger partial charge in [0.15, 0.2) is 0 Å². The molecule has 16 heavy (non-hydrogen) atoms. The van der Waals surface area contributed by atoms with Gasteiger partial charge in [0.1, 0.15) is 0 Å². The van der Waals surface area contributed by atoms with E-state index in [1.807, 2.05) is 6.92 Å². The molecule has 0 bridgehead atoms. The summed E-state index contributed by atoms with van der Waals surface area (Å²) < 4.78 is 0. The van der Waals surface area contributed by atoms with Crippen LogP contribution in [0, 0.1) is 17.0 Å². The molecule has 0 unspecified atom stereocenters. The number of nitro groups is 1. The van der Waals surface area contributed by atoms with Gasteiger partial charge >= 0.3 is 0 Å². The van der Waals surface area contributed by atoms with Gasteiger partial charge < -0.3 is 5.32 Å². The Labute approximate surface area is 93.6 Å². The molecule has 86 valence electrons. The van der Waals surface area contributed by atoms with E-state index in [1.54, 1.807) is 13.0 Å². The number of hydrogen-bond donors (Lipinski definition) is 1. The van der Waals surface area contributed by atoms with Crippen LogP contribution in [-0.4, -0.2) is 17.4 Å². The number of nitrogens with zero attached hydrogens (tertiary/aromatic N) is 1. The number of aryl methyl sites for hydroxylation is 1. The van der Waals surface area contributed by atoms with Crippen molar-refractivity contribution in [3.63, 3.8) is 0 Å². The van der Waals surface area contributed by atoms with Gasteiger partial charge in [-0.05, 0) is 25.0 Å². The van der Waals surface area contributed by atoms with Gasteiger partial charge in [-0.1, -0.05) is 6.92 Å². The topological polar surface area (TPSA) is 72.2 Å². The van der Waals surface area contributed by atoms with E-state index in [1.165, 1.54) is 12.1 Å². The lowest BCUT2D eigenvalue weighted by atomic mass is 10.1. The highest BCUT2D eigenvalue weighted by Gasteiger charge is 2.12. The molecule has 0 atom stereocenters. The largest absolute Gasteiger partial charge is 0.352 e. The molecule has 0 aromatic heterocycles. The molecular weight excluding hydrogens is 208 g/mol. The number of carbonyl (C=O) groups excluding carboxylic acids is 1. The normalized spacial score (nSPS) is 9.88. The highest BCUT2D eigenvalue weighted by molar-refractivity contribution is 5.95. The van der Waals surface area contributed by atoms with Crippen molar-refractivity contribution in [2.45, 2.75) is 20.3 Å². The van der Waals surface area contributed by atoms with E-state index in [9.17, 15) is 14.9 Å². The number of nitro benzene ring substituents is 1. The second kappa shape index (κ2) is 5.25. The van der Waals surface area contributed by atoms with Crippen molar-refractivity contribution in [1.82, 2.24) is 5.32 Å². The molecule has 0 fully saturated rings. The Morgan fingerprint density at radius 2 is 2.12 bits per heavy atom. The highest BCUT2D eigenvalue weighted by Crippen LogP contribution is 2.16. The number of non-ortho nitro benzene ring substituents is 1. The molecule has 1 aromatic rings. The minimum absolute atomic E-state index is 0.0540. The van der Waals surface area contributed by atoms with E-state index in [0.29, 0.717) is 17.7 Å². The van der Waals surface area contributed by atoms with E-state index in [4.69, 9.17) is 0 Å². The van der Waals surface area contributed by atoms with Crippen molar-refractivity contribution < 1.29 is 9.72 Å². The zero-order chi connectivity index (χ0) is 12.1. The van der Waals surface area contributed by atoms with Crippen LogP contribution in [0.25, 0.3) is 0 Å². The molecule has 0 aliphatic heterocycles. The molecule has 5 nitrogen and oxygen atoms in total. The van der Waals surface area contributed by atoms with Crippen LogP contribution in [0.15, 0.2) is 18.2 Å². The maximum atomic E-state index is 11.6. The zero-order valence-electron chi connectivity index (χ0n) is 9.32. The van der Waals surface area contributed by atoms with Crippen LogP contribution in [0.4, 0.5) is 5.69 Å². The van der Waals surface area contributed by atoms with Crippen molar-refractivity contribution in [3.8, 4) is 0 Å². The van der Waals surface area contributed by atoms with Crippen LogP contribution in [0.2, 0.25) is 0 Å². The van der Waals surface area contributed by atoms with Crippen LogP contribution in [0.3, 0.4) is 0 Å². The molecule has 0 heterocycles. The third kappa shape index (κ3) is 3.05. The third-order valence-electron chi connectivity index (χ3n) is 2.07. The van der Waals surface area contributed by atoms with E-state index in [0.717, 1.165) is 6.42 Å². The molecule has 0 radical (unpaired) electrons. The number of rotatable bonds is 4. The molecular formula is C11H14N2O3. The van der Waals surface area contributed by atoms with Gasteiger partial charge in [-0.15, -0.1) is 0 Å². The van der Waals surface area contributed by atoms with Gasteiger partial charge in [0.05, 0.1) is 4.92 Å². The van der Waals surface area contributed by atoms with E-state index >= 15 is 0 Å². The summed E-state index contributed by atoms with van der Waals surface area (Å²) in [6.07, 6.45) is 0.833. The lowest BCUT2D eigenvalue weighted by molar-refractivity contribution is -0.384. The first kappa shape index (κ1) is 12.2. The maximum Gasteiger partial charge on any atom is 0.270 e. The number of nitrogens with one attached hydrogen (secondary N) is 1. The highest BCUT2D eigenvalue weighted by atomic mass is 16.6. The fourth-order valence-electron chi connectivity index (χ4n) is 1.34. The minimum atomic E-state index is -0.496. The maximum absolute atomic E-state index is 11.6. The average molecular weight is 222 g/mol. The Kier molecular flexibility index (Phi) is 3.99. The molecule has 5 heteroatoms. The Morgan fingerprint density at radius 1 is 1.44 bits per heavy atom. The number of hydrogen-bond acceptors (Lipinski definition) is 3. The van der Waals surface area contributed by atoms with Gasteiger partial charge in [-0.2, -0.15) is 0 Å². The molecule has 1 amide bonds. The van der Waals surface area contributed by atoms with Crippen LogP contribution < -0.4 is 5.32 Å². The van der Waals surface area contributed by atoms with E-state index < -0.39 is 4.92 Å². The fraction of sp³-hybridized carbons (Fsp3) is 0.364. The Balaban J connectivity index is 2.95. The summed E-state index contributed by atoms with van der Waals surface area (Å²) in [4.78, 5) is 21.7. The SMILES string of the molecule is CCCNC(=O)c1cc(C)cc([N+](=O)[O-])c1. The molecule has 1 aromatic carbocycles. The summed E-state index contributed by atoms with van der Waals surface area (Å²) in [6.45, 7) is 4.24. The van der Waals surface area contributed by atoms with Crippen LogP contribution in [-0.2, 0) is 0 Å². The summed E-state index contributed by atoms with van der Waals surface area (Å²) in [7, 11) is 0. The van der Waals surface area contributed by atoms with Gasteiger partial charge in [0, 0.05) is 24.2 Å². The number of benzene rings is 1. The van der Waals surface area contributed by atoms with Crippen molar-refractivity contribution in [2.75, 3.05) is 6.54 Å². The second-order valence-electron chi connectivity index (χ2n) is 3.57. The molecule has 0 aliphatic carbocycles. The Bertz CT molecular complexity index is 416. The van der Waals surface area contributed by atoms with Crippen LogP contribution in [0.1, 0.15) is 29.3 Å². The summed E-state index contributed by atoms with van der Waals surface area (Å²) in [5.41, 5.74) is 0.984. The summed E-state index contributed by atoms with van der Waals surface area (Å²) in [5.74, 6) is -0.270. The van der Waals surface area contributed by atoms with Crippen LogP contribution in [0.5, 0.6) is 0 Å². The number of carbonyl (C=O) groups is 1. The van der Waals surface area contributed by atoms with Crippen molar-refractivity contribution in [3.05, 3.63) is 39.4 Å². The minimum Gasteiger partial charge on any atom is -0.352 e. The fourth-order valence-corrected chi connectivity index (χ4v) is 1.34. The first-order valence-corrected chi connectivity index (χ1v) is 5.09. The van der Waals surface area contributed by atoms with Gasteiger partial charge in [-0.3, -0.25) is 14.9 Å². The monoisotopic (exact) mass is 222 g/mol. The summed E-state index contributed by atoms with van der Waals surface area (Å²) >= 11 is 0. The lowest BCUT2D eigenvalue weighted by Crippen LogP contribution is -2.24. The average Bonchev–Trinajstić information content (AvgIpc) is 2.24. The van der Waals surface area contributed by atoms with Crippen molar-refractivity contribution in [2.24, 2.45) is 0 Å². The smallest absolute Gasteiger partial charge is 0.270 e. The van der Waals surface area contributed by atoms with Gasteiger partial charge in [0.2, 0.25) is 0 Å². The standard InChI is InChI=1S/C11H14N2O3/c1-3-4-12-11(14)9-5-8(2)6-10(7-9)13(15)16/h5-7H,3-4H2,1-2H3,(H,12,14). The second-order valence-corrected chi connectivity index (χ2v) is 3.57. The molecule has 0 saturated carbocycles. The first-order chi connectivity index (χ1) is 7.54. The van der Waals surface area contributed by atoms with Crippen molar-refractivity contribution >= 4 is 11.6 Å². The molecule has 1 N–H and O–H groups in total. The molecule has 0 saturated heterocycles. The van der Waals surface area contributed by atoms with Crippen LogP contribution >= 0.6 is 0 Å². The molecule has 0 spiro atoms. The Hall–Kier alpha value is -1.91. The van der Waals surface area contributed by atoms with E-state index in [-0.39, 0.29) is 11.6 Å². The predicted molar refractivity (Wildman–Crippen MR) is 60.5 cm³/mol. The summed E-state index contributed by atoms with van der Waals surface area (Å²) in [6, 6.07) is 4.37. The van der Waals surface area contributed by atoms with E-state index in [2.05, 4.69) is 5.32 Å². The first-order valence-electron chi connectivity index (χ1n) is 5.09. The molecule has 1 rings (SSSR count). The quantitative estimate of drug-likeness (QED) is 0.625. The number of amides is 1. The van der Waals surface area contributed by atoms with Gasteiger partial charge in [-0.25, -0.2) is 0 Å². The summed E-state index contributed by atoms with van der Waals surface area (Å²) in [5, 5.41) is 13.3.